The lowest BCUT2D eigenvalue weighted by Crippen LogP contribution is -2.51. The van der Waals surface area contributed by atoms with Gasteiger partial charge in [0.1, 0.15) is 11.2 Å². The second kappa shape index (κ2) is 11.7. The average molecular weight is 674 g/mol. The van der Waals surface area contributed by atoms with Crippen LogP contribution in [0.25, 0.3) is 44.8 Å². The standard InChI is InChI=1S/C39H43N7O4/c1-23-15-28(46-22-39(2,3)50-38(46)48)8-9-29(23)31-10-7-26-17-34(45(35(26)41-31)19-24-5-6-24)36-42-32-18-30-25(16-33(32)43(36)4)11-13-44(37(30)47)20-27-21-49-14-12-40-27/h7-10,15-18,24,27,40H,5-6,11-14,19-22H2,1-4H3/t27-/m0/s1. The van der Waals surface area contributed by atoms with E-state index < -0.39 is 5.60 Å². The molecule has 3 aliphatic heterocycles. The van der Waals surface area contributed by atoms with Crippen molar-refractivity contribution >= 4 is 39.8 Å². The number of carbonyl (C=O) groups is 2. The Labute approximate surface area is 291 Å². The highest BCUT2D eigenvalue weighted by molar-refractivity contribution is 6.01. The number of fused-ring (bicyclic) bond motifs is 3. The minimum atomic E-state index is -0.514. The maximum Gasteiger partial charge on any atom is 0.415 e. The predicted molar refractivity (Wildman–Crippen MR) is 192 cm³/mol. The Balaban J connectivity index is 1.07. The number of rotatable bonds is 7. The van der Waals surface area contributed by atoms with Crippen LogP contribution in [0.15, 0.2) is 48.5 Å². The van der Waals surface area contributed by atoms with E-state index in [4.69, 9.17) is 19.4 Å². The number of aryl methyl sites for hydroxylation is 2. The molecule has 0 radical (unpaired) electrons. The first-order chi connectivity index (χ1) is 24.1. The van der Waals surface area contributed by atoms with E-state index in [2.05, 4.69) is 58.8 Å². The van der Waals surface area contributed by atoms with Gasteiger partial charge in [0.15, 0.2) is 5.82 Å². The van der Waals surface area contributed by atoms with Gasteiger partial charge in [-0.2, -0.15) is 0 Å². The summed E-state index contributed by atoms with van der Waals surface area (Å²) in [6, 6.07) is 16.8. The molecule has 1 aliphatic carbocycles. The first kappa shape index (κ1) is 31.3. The van der Waals surface area contributed by atoms with Crippen LogP contribution in [0.4, 0.5) is 10.5 Å². The molecule has 3 fully saturated rings. The smallest absolute Gasteiger partial charge is 0.415 e. The molecular formula is C39H43N7O4. The molecule has 2 amide bonds. The second-order valence-corrected chi connectivity index (χ2v) is 15.1. The Hall–Kier alpha value is -4.74. The number of amides is 2. The van der Waals surface area contributed by atoms with Crippen LogP contribution in [0, 0.1) is 12.8 Å². The lowest BCUT2D eigenvalue weighted by Gasteiger charge is -2.33. The number of hydrogen-bond donors (Lipinski definition) is 1. The van der Waals surface area contributed by atoms with Crippen molar-refractivity contribution in [2.24, 2.45) is 13.0 Å². The summed E-state index contributed by atoms with van der Waals surface area (Å²) in [4.78, 5) is 40.3. The van der Waals surface area contributed by atoms with E-state index in [1.54, 1.807) is 4.90 Å². The largest absolute Gasteiger partial charge is 0.441 e. The van der Waals surface area contributed by atoms with Gasteiger partial charge in [-0.1, -0.05) is 6.07 Å². The molecule has 3 aromatic heterocycles. The molecule has 1 atom stereocenters. The minimum absolute atomic E-state index is 0.0693. The van der Waals surface area contributed by atoms with Gasteiger partial charge in [0.25, 0.3) is 5.91 Å². The summed E-state index contributed by atoms with van der Waals surface area (Å²) < 4.78 is 15.7. The van der Waals surface area contributed by atoms with Gasteiger partial charge < -0.3 is 28.8 Å². The van der Waals surface area contributed by atoms with Crippen molar-refractivity contribution in [1.82, 2.24) is 29.3 Å². The van der Waals surface area contributed by atoms with E-state index in [1.165, 1.54) is 12.8 Å². The first-order valence-electron chi connectivity index (χ1n) is 17.8. The number of aromatic nitrogens is 4. The van der Waals surface area contributed by atoms with Crippen LogP contribution in [0.1, 0.15) is 48.2 Å². The number of nitrogens with one attached hydrogen (secondary N) is 1. The lowest BCUT2D eigenvalue weighted by molar-refractivity contribution is 0.0511. The molecule has 50 heavy (non-hydrogen) atoms. The van der Waals surface area contributed by atoms with E-state index in [-0.39, 0.29) is 18.0 Å². The molecule has 0 unspecified atom stereocenters. The zero-order chi connectivity index (χ0) is 34.3. The fraction of sp³-hybridized carbons (Fsp3) is 0.436. The van der Waals surface area contributed by atoms with E-state index in [0.717, 1.165) is 93.3 Å². The monoisotopic (exact) mass is 673 g/mol. The Morgan fingerprint density at radius 2 is 1.86 bits per heavy atom. The van der Waals surface area contributed by atoms with Gasteiger partial charge in [0, 0.05) is 61.5 Å². The van der Waals surface area contributed by atoms with Gasteiger partial charge in [-0.3, -0.25) is 9.69 Å². The molecule has 11 nitrogen and oxygen atoms in total. The molecule has 0 spiro atoms. The number of carbonyl (C=O) groups excluding carboxylic acids is 2. The Kier molecular flexibility index (Phi) is 7.29. The molecule has 2 aromatic carbocycles. The SMILES string of the molecule is Cc1cc(N2CC(C)(C)OC2=O)ccc1-c1ccc2cc(-c3nc4cc5c(cc4n3C)CCN(C[C@H]3COCCN3)C5=O)n(CC3CC3)c2n1. The summed E-state index contributed by atoms with van der Waals surface area (Å²) >= 11 is 0. The van der Waals surface area contributed by atoms with Gasteiger partial charge in [-0.05, 0) is 99.5 Å². The molecule has 4 aliphatic rings. The summed E-state index contributed by atoms with van der Waals surface area (Å²) in [7, 11) is 2.07. The third-order valence-corrected chi connectivity index (χ3v) is 10.7. The normalized spacial score (nSPS) is 20.6. The zero-order valence-corrected chi connectivity index (χ0v) is 29.2. The average Bonchev–Trinajstić information content (AvgIpc) is 3.69. The number of anilines is 1. The van der Waals surface area contributed by atoms with Crippen LogP contribution in [-0.2, 0) is 29.5 Å². The number of hydrogen-bond acceptors (Lipinski definition) is 7. The second-order valence-electron chi connectivity index (χ2n) is 15.1. The molecule has 1 saturated carbocycles. The summed E-state index contributed by atoms with van der Waals surface area (Å²) in [5.41, 5.74) is 8.94. The molecular weight excluding hydrogens is 630 g/mol. The number of imidazole rings is 1. The fourth-order valence-corrected chi connectivity index (χ4v) is 7.90. The van der Waals surface area contributed by atoms with Crippen LogP contribution in [0.5, 0.6) is 0 Å². The first-order valence-corrected chi connectivity index (χ1v) is 17.8. The van der Waals surface area contributed by atoms with E-state index in [1.807, 2.05) is 36.9 Å². The van der Waals surface area contributed by atoms with Gasteiger partial charge in [-0.15, -0.1) is 0 Å². The maximum absolute atomic E-state index is 13.7. The highest BCUT2D eigenvalue weighted by atomic mass is 16.6. The van der Waals surface area contributed by atoms with Crippen molar-refractivity contribution in [3.05, 3.63) is 65.2 Å². The van der Waals surface area contributed by atoms with Crippen LogP contribution in [0.2, 0.25) is 0 Å². The van der Waals surface area contributed by atoms with Crippen LogP contribution in [0.3, 0.4) is 0 Å². The Bertz CT molecular complexity index is 2190. The maximum atomic E-state index is 13.7. The number of morpholine rings is 1. The molecule has 1 N–H and O–H groups in total. The molecule has 9 rings (SSSR count). The number of cyclic esters (lactones) is 1. The Morgan fingerprint density at radius 1 is 1.00 bits per heavy atom. The summed E-state index contributed by atoms with van der Waals surface area (Å²) in [5.74, 6) is 1.56. The van der Waals surface area contributed by atoms with E-state index in [9.17, 15) is 9.59 Å². The summed E-state index contributed by atoms with van der Waals surface area (Å²) in [6.07, 6.45) is 2.93. The van der Waals surface area contributed by atoms with Crippen LogP contribution in [-0.4, -0.2) is 87.0 Å². The lowest BCUT2D eigenvalue weighted by atomic mass is 9.97. The van der Waals surface area contributed by atoms with Crippen molar-refractivity contribution in [2.75, 3.05) is 44.3 Å². The molecule has 5 aromatic rings. The molecule has 258 valence electrons. The van der Waals surface area contributed by atoms with Gasteiger partial charge in [0.05, 0.1) is 42.2 Å². The number of benzene rings is 2. The molecule has 2 saturated heterocycles. The van der Waals surface area contributed by atoms with Crippen molar-refractivity contribution in [1.29, 1.82) is 0 Å². The summed E-state index contributed by atoms with van der Waals surface area (Å²) in [5, 5.41) is 4.54. The van der Waals surface area contributed by atoms with Crippen LogP contribution < -0.4 is 10.2 Å². The van der Waals surface area contributed by atoms with Crippen molar-refractivity contribution in [3.8, 4) is 22.8 Å². The topological polar surface area (TPSA) is 107 Å². The predicted octanol–water partition coefficient (Wildman–Crippen LogP) is 5.70. The fourth-order valence-electron chi connectivity index (χ4n) is 7.90. The van der Waals surface area contributed by atoms with E-state index >= 15 is 0 Å². The van der Waals surface area contributed by atoms with Crippen LogP contribution >= 0.6 is 0 Å². The zero-order valence-electron chi connectivity index (χ0n) is 29.2. The van der Waals surface area contributed by atoms with Crippen molar-refractivity contribution in [3.63, 3.8) is 0 Å². The Morgan fingerprint density at radius 3 is 2.60 bits per heavy atom. The third-order valence-electron chi connectivity index (χ3n) is 10.7. The van der Waals surface area contributed by atoms with E-state index in [0.29, 0.717) is 32.2 Å². The molecule has 11 heteroatoms. The highest BCUT2D eigenvalue weighted by Crippen LogP contribution is 2.38. The number of pyridine rings is 1. The number of nitrogens with zero attached hydrogens (tertiary/aromatic N) is 6. The third kappa shape index (κ3) is 5.43. The molecule has 0 bridgehead atoms. The minimum Gasteiger partial charge on any atom is -0.441 e. The van der Waals surface area contributed by atoms with Gasteiger partial charge >= 0.3 is 6.09 Å². The van der Waals surface area contributed by atoms with Gasteiger partial charge in [-0.25, -0.2) is 14.8 Å². The van der Waals surface area contributed by atoms with Crippen molar-refractivity contribution < 1.29 is 19.1 Å². The quantitative estimate of drug-likeness (QED) is 0.236. The van der Waals surface area contributed by atoms with Gasteiger partial charge in [0.2, 0.25) is 0 Å². The van der Waals surface area contributed by atoms with Crippen molar-refractivity contribution in [2.45, 2.75) is 58.2 Å². The number of ether oxygens (including phenoxy) is 2. The molecule has 6 heterocycles. The highest BCUT2D eigenvalue weighted by Gasteiger charge is 2.38. The summed E-state index contributed by atoms with van der Waals surface area (Å²) in [6.45, 7) is 10.8.